The van der Waals surface area contributed by atoms with E-state index in [1.807, 2.05) is 4.90 Å². The Morgan fingerprint density at radius 2 is 1.78 bits per heavy atom. The van der Waals surface area contributed by atoms with Crippen molar-refractivity contribution < 1.29 is 19.7 Å². The van der Waals surface area contributed by atoms with E-state index in [1.165, 1.54) is 0 Å². The molecule has 1 aromatic heterocycles. The number of fused-ring (bicyclic) bond motifs is 1. The molecule has 8 nitrogen and oxygen atoms in total. The molecule has 1 fully saturated rings. The molecule has 126 valence electrons. The number of anilines is 2. The molecule has 1 saturated heterocycles. The number of methoxy groups -OCH3 is 2. The molecule has 8 heteroatoms. The Morgan fingerprint density at radius 1 is 1.17 bits per heavy atom. The normalized spacial score (nSPS) is 14.4. The minimum absolute atomic E-state index is 0. The van der Waals surface area contributed by atoms with Crippen LogP contribution in [-0.2, 0) is 4.74 Å². The molecule has 1 aliphatic heterocycles. The van der Waals surface area contributed by atoms with Gasteiger partial charge < -0.3 is 35.3 Å². The maximum Gasteiger partial charge on any atom is 0.274 e. The molecule has 0 atom stereocenters. The van der Waals surface area contributed by atoms with Crippen LogP contribution in [0.4, 0.5) is 11.4 Å². The third kappa shape index (κ3) is 2.90. The predicted molar refractivity (Wildman–Crippen MR) is 88.7 cm³/mol. The second kappa shape index (κ2) is 6.76. The van der Waals surface area contributed by atoms with Crippen molar-refractivity contribution in [2.24, 2.45) is 0 Å². The van der Waals surface area contributed by atoms with Crippen molar-refractivity contribution in [2.45, 2.75) is 0 Å². The topological polar surface area (TPSA) is 121 Å². The highest BCUT2D eigenvalue weighted by Crippen LogP contribution is 2.35. The number of rotatable bonds is 3. The molecule has 2 heterocycles. The fourth-order valence-electron chi connectivity index (χ4n) is 2.74. The van der Waals surface area contributed by atoms with E-state index in [0.29, 0.717) is 54.7 Å². The largest absolute Gasteiger partial charge is 0.493 e. The van der Waals surface area contributed by atoms with Crippen molar-refractivity contribution in [2.75, 3.05) is 51.2 Å². The number of pyridine rings is 1. The SMILES string of the molecule is COc1cc2[nH]c(=O)c(N3CCOCC3)c(N)c2cc1OC.O. The molecule has 1 aliphatic rings. The molecule has 0 unspecified atom stereocenters. The van der Waals surface area contributed by atoms with Crippen molar-refractivity contribution in [3.05, 3.63) is 22.5 Å². The van der Waals surface area contributed by atoms with Crippen LogP contribution in [-0.4, -0.2) is 51.0 Å². The van der Waals surface area contributed by atoms with Crippen molar-refractivity contribution in [1.29, 1.82) is 0 Å². The Kier molecular flexibility index (Phi) is 4.97. The van der Waals surface area contributed by atoms with Gasteiger partial charge in [-0.25, -0.2) is 0 Å². The molecule has 2 aromatic rings. The monoisotopic (exact) mass is 323 g/mol. The highest BCUT2D eigenvalue weighted by atomic mass is 16.5. The summed E-state index contributed by atoms with van der Waals surface area (Å²) in [6.07, 6.45) is 0. The zero-order valence-corrected chi connectivity index (χ0v) is 13.1. The Hall–Kier alpha value is -2.45. The van der Waals surface area contributed by atoms with Crippen molar-refractivity contribution in [1.82, 2.24) is 4.98 Å². The highest BCUT2D eigenvalue weighted by Gasteiger charge is 2.20. The quantitative estimate of drug-likeness (QED) is 0.828. The van der Waals surface area contributed by atoms with Crippen molar-refractivity contribution in [3.63, 3.8) is 0 Å². The molecule has 1 aromatic carbocycles. The molecule has 5 N–H and O–H groups in total. The van der Waals surface area contributed by atoms with Crippen molar-refractivity contribution in [3.8, 4) is 11.5 Å². The molecule has 0 radical (unpaired) electrons. The van der Waals surface area contributed by atoms with Crippen LogP contribution in [0.2, 0.25) is 0 Å². The molecule has 0 bridgehead atoms. The number of nitrogens with zero attached hydrogens (tertiary/aromatic N) is 1. The van der Waals surface area contributed by atoms with E-state index in [9.17, 15) is 4.79 Å². The van der Waals surface area contributed by atoms with Crippen LogP contribution in [0.5, 0.6) is 11.5 Å². The van der Waals surface area contributed by atoms with E-state index >= 15 is 0 Å². The van der Waals surface area contributed by atoms with E-state index < -0.39 is 0 Å². The highest BCUT2D eigenvalue weighted by molar-refractivity contribution is 5.98. The number of hydrogen-bond acceptors (Lipinski definition) is 6. The maximum absolute atomic E-state index is 12.4. The summed E-state index contributed by atoms with van der Waals surface area (Å²) in [6, 6.07) is 3.50. The summed E-state index contributed by atoms with van der Waals surface area (Å²) in [6.45, 7) is 2.46. The van der Waals surface area contributed by atoms with Crippen molar-refractivity contribution >= 4 is 22.3 Å². The van der Waals surface area contributed by atoms with Crippen LogP contribution in [0.1, 0.15) is 0 Å². The minimum Gasteiger partial charge on any atom is -0.493 e. The van der Waals surface area contributed by atoms with Crippen LogP contribution in [0.25, 0.3) is 10.9 Å². The summed E-state index contributed by atoms with van der Waals surface area (Å²) in [4.78, 5) is 17.2. The van der Waals surface area contributed by atoms with Gasteiger partial charge in [-0.2, -0.15) is 0 Å². The first-order chi connectivity index (χ1) is 10.7. The lowest BCUT2D eigenvalue weighted by molar-refractivity contribution is 0.122. The molecule has 0 aliphatic carbocycles. The standard InChI is InChI=1S/C15H19N3O4.H2O/c1-20-11-7-9-10(8-12(11)21-2)17-15(19)14(13(9)16)18-3-5-22-6-4-18;/h7-8H,3-6H2,1-2H3,(H3,16,17,19);1H2. The average molecular weight is 323 g/mol. The number of nitrogen functional groups attached to an aromatic ring is 1. The van der Waals surface area contributed by atoms with Gasteiger partial charge in [-0.1, -0.05) is 0 Å². The number of aromatic amines is 1. The third-order valence-electron chi connectivity index (χ3n) is 3.86. The lowest BCUT2D eigenvalue weighted by atomic mass is 10.1. The number of nitrogens with one attached hydrogen (secondary N) is 1. The van der Waals surface area contributed by atoms with Gasteiger partial charge in [-0.05, 0) is 6.07 Å². The molecule has 0 spiro atoms. The number of benzene rings is 1. The zero-order valence-electron chi connectivity index (χ0n) is 13.1. The molecule has 0 saturated carbocycles. The van der Waals surface area contributed by atoms with Gasteiger partial charge in [0.1, 0.15) is 5.69 Å². The van der Waals surface area contributed by atoms with Gasteiger partial charge in [-0.3, -0.25) is 4.79 Å². The summed E-state index contributed by atoms with van der Waals surface area (Å²) >= 11 is 0. The van der Waals surface area contributed by atoms with Crippen LogP contribution >= 0.6 is 0 Å². The van der Waals surface area contributed by atoms with Gasteiger partial charge >= 0.3 is 0 Å². The number of hydrogen-bond donors (Lipinski definition) is 2. The van der Waals surface area contributed by atoms with Gasteiger partial charge in [0, 0.05) is 24.5 Å². The fraction of sp³-hybridized carbons (Fsp3) is 0.400. The lowest BCUT2D eigenvalue weighted by Gasteiger charge is -2.29. The first-order valence-electron chi connectivity index (χ1n) is 7.06. The third-order valence-corrected chi connectivity index (χ3v) is 3.86. The Labute approximate surface area is 133 Å². The summed E-state index contributed by atoms with van der Waals surface area (Å²) in [5.41, 5.74) is 7.61. The molecule has 23 heavy (non-hydrogen) atoms. The van der Waals surface area contributed by atoms with E-state index in [2.05, 4.69) is 4.98 Å². The Bertz CT molecular complexity index is 753. The van der Waals surface area contributed by atoms with Gasteiger partial charge in [-0.15, -0.1) is 0 Å². The summed E-state index contributed by atoms with van der Waals surface area (Å²) in [5, 5.41) is 0.735. The summed E-state index contributed by atoms with van der Waals surface area (Å²) in [5.74, 6) is 1.12. The Balaban J connectivity index is 0.00000192. The summed E-state index contributed by atoms with van der Waals surface area (Å²) in [7, 11) is 3.11. The van der Waals surface area contributed by atoms with Gasteiger partial charge in [0.15, 0.2) is 11.5 Å². The minimum atomic E-state index is -0.209. The maximum atomic E-state index is 12.4. The molecule has 0 amide bonds. The lowest BCUT2D eigenvalue weighted by Crippen LogP contribution is -2.39. The zero-order chi connectivity index (χ0) is 15.7. The van der Waals surface area contributed by atoms with E-state index in [0.717, 1.165) is 5.39 Å². The summed E-state index contributed by atoms with van der Waals surface area (Å²) < 4.78 is 15.9. The first kappa shape index (κ1) is 16.9. The van der Waals surface area contributed by atoms with Gasteiger partial charge in [0.05, 0.1) is 38.6 Å². The predicted octanol–water partition coefficient (Wildman–Crippen LogP) is 0.139. The molecule has 3 rings (SSSR count). The number of nitrogens with two attached hydrogens (primary N) is 1. The van der Waals surface area contributed by atoms with Gasteiger partial charge in [0.2, 0.25) is 0 Å². The van der Waals surface area contributed by atoms with Gasteiger partial charge in [0.25, 0.3) is 5.56 Å². The van der Waals surface area contributed by atoms with E-state index in [4.69, 9.17) is 19.9 Å². The number of H-pyrrole nitrogens is 1. The fourth-order valence-corrected chi connectivity index (χ4v) is 2.74. The smallest absolute Gasteiger partial charge is 0.274 e. The number of ether oxygens (including phenoxy) is 3. The Morgan fingerprint density at radius 3 is 2.39 bits per heavy atom. The van der Waals surface area contributed by atoms with E-state index in [1.54, 1.807) is 26.4 Å². The number of aromatic nitrogens is 1. The molecular formula is C15H21N3O5. The average Bonchev–Trinajstić information content (AvgIpc) is 2.54. The second-order valence-electron chi connectivity index (χ2n) is 5.07. The number of morpholine rings is 1. The second-order valence-corrected chi connectivity index (χ2v) is 5.07. The van der Waals surface area contributed by atoms with Crippen LogP contribution in [0.15, 0.2) is 16.9 Å². The van der Waals surface area contributed by atoms with Crippen LogP contribution in [0, 0.1) is 0 Å². The van der Waals surface area contributed by atoms with Crippen LogP contribution in [0.3, 0.4) is 0 Å². The van der Waals surface area contributed by atoms with Crippen LogP contribution < -0.4 is 25.7 Å². The van der Waals surface area contributed by atoms with E-state index in [-0.39, 0.29) is 11.0 Å². The molecular weight excluding hydrogens is 302 g/mol. The first-order valence-corrected chi connectivity index (χ1v) is 7.06.